The van der Waals surface area contributed by atoms with E-state index in [4.69, 9.17) is 4.74 Å². The molecule has 1 saturated heterocycles. The van der Waals surface area contributed by atoms with Crippen molar-refractivity contribution in [2.75, 3.05) is 19.7 Å². The molecular formula is C15H20N2O3. The van der Waals surface area contributed by atoms with Crippen molar-refractivity contribution >= 4 is 11.8 Å². The van der Waals surface area contributed by atoms with Crippen molar-refractivity contribution in [2.45, 2.75) is 26.3 Å². The van der Waals surface area contributed by atoms with Crippen LogP contribution in [0.4, 0.5) is 0 Å². The van der Waals surface area contributed by atoms with Gasteiger partial charge in [0.15, 0.2) is 6.61 Å². The molecule has 0 aromatic heterocycles. The Balaban J connectivity index is 1.97. The normalized spacial score (nSPS) is 18.6. The first kappa shape index (κ1) is 14.4. The Kier molecular flexibility index (Phi) is 4.61. The van der Waals surface area contributed by atoms with E-state index in [2.05, 4.69) is 5.32 Å². The third-order valence-corrected chi connectivity index (χ3v) is 3.48. The minimum absolute atomic E-state index is 0.0331. The van der Waals surface area contributed by atoms with Crippen LogP contribution in [0, 0.1) is 6.92 Å². The highest BCUT2D eigenvalue weighted by Crippen LogP contribution is 2.16. The molecule has 0 saturated carbocycles. The second kappa shape index (κ2) is 6.41. The molecule has 5 nitrogen and oxygen atoms in total. The molecule has 1 unspecified atom stereocenters. The highest BCUT2D eigenvalue weighted by atomic mass is 16.5. The highest BCUT2D eigenvalue weighted by Gasteiger charge is 2.31. The van der Waals surface area contributed by atoms with Crippen LogP contribution in [0.15, 0.2) is 24.3 Å². The number of carbonyl (C=O) groups excluding carboxylic acids is 2. The lowest BCUT2D eigenvalue weighted by atomic mass is 10.1. The average molecular weight is 276 g/mol. The van der Waals surface area contributed by atoms with Gasteiger partial charge in [-0.1, -0.05) is 25.1 Å². The number of piperazine rings is 1. The molecule has 1 N–H and O–H groups in total. The number of hydrogen-bond donors (Lipinski definition) is 1. The van der Waals surface area contributed by atoms with Crippen molar-refractivity contribution in [2.24, 2.45) is 0 Å². The van der Waals surface area contributed by atoms with Crippen molar-refractivity contribution in [3.05, 3.63) is 29.8 Å². The highest BCUT2D eigenvalue weighted by molar-refractivity contribution is 5.89. The first-order valence-electron chi connectivity index (χ1n) is 6.89. The minimum atomic E-state index is -0.378. The van der Waals surface area contributed by atoms with E-state index in [1.807, 2.05) is 38.1 Å². The van der Waals surface area contributed by atoms with Crippen LogP contribution in [0.5, 0.6) is 5.75 Å². The first-order valence-corrected chi connectivity index (χ1v) is 6.89. The predicted molar refractivity (Wildman–Crippen MR) is 75.5 cm³/mol. The Bertz CT molecular complexity index is 502. The van der Waals surface area contributed by atoms with Gasteiger partial charge >= 0.3 is 0 Å². The molecule has 1 atom stereocenters. The van der Waals surface area contributed by atoms with Crippen molar-refractivity contribution < 1.29 is 14.3 Å². The van der Waals surface area contributed by atoms with E-state index in [1.165, 1.54) is 0 Å². The maximum atomic E-state index is 12.2. The molecule has 1 fully saturated rings. The largest absolute Gasteiger partial charge is 0.484 e. The quantitative estimate of drug-likeness (QED) is 0.896. The van der Waals surface area contributed by atoms with E-state index in [0.29, 0.717) is 25.3 Å². The number of rotatable bonds is 4. The lowest BCUT2D eigenvalue weighted by molar-refractivity contribution is -0.144. The Hall–Kier alpha value is -2.04. The third-order valence-electron chi connectivity index (χ3n) is 3.48. The zero-order chi connectivity index (χ0) is 14.5. The topological polar surface area (TPSA) is 58.6 Å². The van der Waals surface area contributed by atoms with E-state index >= 15 is 0 Å². The summed E-state index contributed by atoms with van der Waals surface area (Å²) in [6.07, 6.45) is 0.613. The SMILES string of the molecule is CCC1C(=O)NCCN1C(=O)COc1ccccc1C. The molecule has 2 rings (SSSR count). The number of benzene rings is 1. The molecule has 0 aliphatic carbocycles. The Morgan fingerprint density at radius 3 is 2.90 bits per heavy atom. The summed E-state index contributed by atoms with van der Waals surface area (Å²) in [5.74, 6) is 0.480. The van der Waals surface area contributed by atoms with Crippen LogP contribution in [0.1, 0.15) is 18.9 Å². The molecular weight excluding hydrogens is 256 g/mol. The van der Waals surface area contributed by atoms with Gasteiger partial charge in [-0.2, -0.15) is 0 Å². The van der Waals surface area contributed by atoms with E-state index in [1.54, 1.807) is 4.90 Å². The van der Waals surface area contributed by atoms with Crippen molar-refractivity contribution in [3.8, 4) is 5.75 Å². The van der Waals surface area contributed by atoms with Gasteiger partial charge in [0, 0.05) is 13.1 Å². The maximum Gasteiger partial charge on any atom is 0.261 e. The zero-order valence-corrected chi connectivity index (χ0v) is 11.9. The molecule has 1 heterocycles. The summed E-state index contributed by atoms with van der Waals surface area (Å²) in [5, 5.41) is 2.78. The maximum absolute atomic E-state index is 12.2. The summed E-state index contributed by atoms with van der Waals surface area (Å²) in [7, 11) is 0. The molecule has 1 aromatic carbocycles. The number of para-hydroxylation sites is 1. The fourth-order valence-corrected chi connectivity index (χ4v) is 2.36. The monoisotopic (exact) mass is 276 g/mol. The number of carbonyl (C=O) groups is 2. The molecule has 1 aliphatic heterocycles. The number of ether oxygens (including phenoxy) is 1. The van der Waals surface area contributed by atoms with Crippen LogP contribution in [0.25, 0.3) is 0 Å². The van der Waals surface area contributed by atoms with E-state index in [9.17, 15) is 9.59 Å². The summed E-state index contributed by atoms with van der Waals surface area (Å²) >= 11 is 0. The fourth-order valence-electron chi connectivity index (χ4n) is 2.36. The smallest absolute Gasteiger partial charge is 0.261 e. The molecule has 0 spiro atoms. The van der Waals surface area contributed by atoms with Crippen molar-refractivity contribution in [3.63, 3.8) is 0 Å². The van der Waals surface area contributed by atoms with Gasteiger partial charge in [-0.25, -0.2) is 0 Å². The van der Waals surface area contributed by atoms with Crippen LogP contribution in [0.3, 0.4) is 0 Å². The second-order valence-corrected chi connectivity index (χ2v) is 4.86. The number of hydrogen-bond acceptors (Lipinski definition) is 3. The molecule has 2 amide bonds. The van der Waals surface area contributed by atoms with E-state index in [0.717, 1.165) is 5.56 Å². The van der Waals surface area contributed by atoms with Gasteiger partial charge < -0.3 is 15.0 Å². The van der Waals surface area contributed by atoms with Crippen LogP contribution in [0.2, 0.25) is 0 Å². The second-order valence-electron chi connectivity index (χ2n) is 4.86. The fraction of sp³-hybridized carbons (Fsp3) is 0.467. The summed E-state index contributed by atoms with van der Waals surface area (Å²) in [6, 6.07) is 7.19. The number of nitrogens with one attached hydrogen (secondary N) is 1. The Morgan fingerprint density at radius 2 is 2.20 bits per heavy atom. The molecule has 1 aromatic rings. The number of aryl methyl sites for hydroxylation is 1. The van der Waals surface area contributed by atoms with Crippen LogP contribution in [-0.2, 0) is 9.59 Å². The molecule has 20 heavy (non-hydrogen) atoms. The number of nitrogens with zero attached hydrogens (tertiary/aromatic N) is 1. The first-order chi connectivity index (χ1) is 9.63. The lowest BCUT2D eigenvalue weighted by Crippen LogP contribution is -2.57. The van der Waals surface area contributed by atoms with Crippen molar-refractivity contribution in [1.29, 1.82) is 0 Å². The Labute approximate surface area is 118 Å². The molecule has 108 valence electrons. The Morgan fingerprint density at radius 1 is 1.45 bits per heavy atom. The lowest BCUT2D eigenvalue weighted by Gasteiger charge is -2.34. The zero-order valence-electron chi connectivity index (χ0n) is 11.9. The standard InChI is InChI=1S/C15H20N2O3/c1-3-12-15(19)16-8-9-17(12)14(18)10-20-13-7-5-4-6-11(13)2/h4-7,12H,3,8-10H2,1-2H3,(H,16,19). The van der Waals surface area contributed by atoms with Crippen LogP contribution >= 0.6 is 0 Å². The van der Waals surface area contributed by atoms with Crippen LogP contribution < -0.4 is 10.1 Å². The summed E-state index contributed by atoms with van der Waals surface area (Å²) < 4.78 is 5.56. The molecule has 0 bridgehead atoms. The van der Waals surface area contributed by atoms with Gasteiger partial charge in [-0.15, -0.1) is 0 Å². The van der Waals surface area contributed by atoms with Gasteiger partial charge in [0.05, 0.1) is 0 Å². The molecule has 0 radical (unpaired) electrons. The van der Waals surface area contributed by atoms with E-state index in [-0.39, 0.29) is 24.5 Å². The summed E-state index contributed by atoms with van der Waals surface area (Å²) in [4.78, 5) is 25.5. The van der Waals surface area contributed by atoms with Gasteiger partial charge in [-0.05, 0) is 25.0 Å². The van der Waals surface area contributed by atoms with Gasteiger partial charge in [0.25, 0.3) is 5.91 Å². The minimum Gasteiger partial charge on any atom is -0.484 e. The predicted octanol–water partition coefficient (Wildman–Crippen LogP) is 1.11. The van der Waals surface area contributed by atoms with Gasteiger partial charge in [0.2, 0.25) is 5.91 Å². The van der Waals surface area contributed by atoms with Crippen molar-refractivity contribution in [1.82, 2.24) is 10.2 Å². The molecule has 5 heteroatoms. The summed E-state index contributed by atoms with van der Waals surface area (Å²) in [6.45, 7) is 4.85. The average Bonchev–Trinajstić information content (AvgIpc) is 2.46. The third kappa shape index (κ3) is 3.10. The summed E-state index contributed by atoms with van der Waals surface area (Å²) in [5.41, 5.74) is 0.990. The van der Waals surface area contributed by atoms with Crippen LogP contribution in [-0.4, -0.2) is 42.5 Å². The van der Waals surface area contributed by atoms with Gasteiger partial charge in [-0.3, -0.25) is 9.59 Å². The number of amides is 2. The van der Waals surface area contributed by atoms with E-state index < -0.39 is 0 Å². The molecule has 1 aliphatic rings. The van der Waals surface area contributed by atoms with Gasteiger partial charge in [0.1, 0.15) is 11.8 Å².